The second-order valence-corrected chi connectivity index (χ2v) is 4.13. The van der Waals surface area contributed by atoms with Crippen molar-refractivity contribution in [3.63, 3.8) is 0 Å². The third-order valence-corrected chi connectivity index (χ3v) is 3.22. The van der Waals surface area contributed by atoms with Gasteiger partial charge in [-0.25, -0.2) is 0 Å². The Morgan fingerprint density at radius 1 is 1.06 bits per heavy atom. The number of hydrogen-bond donors (Lipinski definition) is 0. The molecule has 1 aromatic rings. The second-order valence-electron chi connectivity index (χ2n) is 4.13. The van der Waals surface area contributed by atoms with Crippen LogP contribution in [0.5, 0.6) is 17.2 Å². The molecule has 0 aliphatic heterocycles. The molecule has 0 bridgehead atoms. The molecule has 1 saturated carbocycles. The van der Waals surface area contributed by atoms with Crippen molar-refractivity contribution in [2.24, 2.45) is 0 Å². The van der Waals surface area contributed by atoms with Gasteiger partial charge < -0.3 is 14.2 Å². The van der Waals surface area contributed by atoms with E-state index in [0.29, 0.717) is 5.75 Å². The summed E-state index contributed by atoms with van der Waals surface area (Å²) in [5.41, 5.74) is 0.744. The lowest BCUT2D eigenvalue weighted by atomic mass is 9.94. The molecule has 2 rings (SSSR count). The van der Waals surface area contributed by atoms with Crippen LogP contribution in [0, 0.1) is 12.3 Å². The van der Waals surface area contributed by atoms with Crippen LogP contribution in [0.2, 0.25) is 0 Å². The fourth-order valence-corrected chi connectivity index (χ4v) is 2.07. The Balaban J connectivity index is 2.60. The van der Waals surface area contributed by atoms with E-state index in [1.165, 1.54) is 0 Å². The SMILES string of the molecule is C#CC1(c2c(OC)cc(OC)cc2OC)CC1. The number of benzene rings is 1. The Bertz CT molecular complexity index is 442. The normalized spacial score (nSPS) is 15.9. The molecule has 0 aromatic heterocycles. The highest BCUT2D eigenvalue weighted by atomic mass is 16.5. The van der Waals surface area contributed by atoms with Gasteiger partial charge in [0.15, 0.2) is 0 Å². The van der Waals surface area contributed by atoms with Gasteiger partial charge in [-0.2, -0.15) is 0 Å². The molecule has 90 valence electrons. The van der Waals surface area contributed by atoms with E-state index in [-0.39, 0.29) is 5.41 Å². The first-order chi connectivity index (χ1) is 8.20. The van der Waals surface area contributed by atoms with Crippen LogP contribution >= 0.6 is 0 Å². The first-order valence-corrected chi connectivity index (χ1v) is 5.49. The van der Waals surface area contributed by atoms with E-state index in [9.17, 15) is 0 Å². The summed E-state index contributed by atoms with van der Waals surface area (Å²) in [6.45, 7) is 0. The summed E-state index contributed by atoms with van der Waals surface area (Å²) in [7, 11) is 4.87. The van der Waals surface area contributed by atoms with Gasteiger partial charge >= 0.3 is 0 Å². The standard InChI is InChI=1S/C14H16O3/c1-5-14(6-7-14)13-11(16-3)8-10(15-2)9-12(13)17-4/h1,8-9H,6-7H2,2-4H3. The molecule has 0 unspecified atom stereocenters. The molecule has 3 heteroatoms. The summed E-state index contributed by atoms with van der Waals surface area (Å²) < 4.78 is 16.0. The summed E-state index contributed by atoms with van der Waals surface area (Å²) in [4.78, 5) is 0. The minimum atomic E-state index is -0.219. The number of hydrogen-bond acceptors (Lipinski definition) is 3. The summed E-state index contributed by atoms with van der Waals surface area (Å²) in [5.74, 6) is 5.02. The smallest absolute Gasteiger partial charge is 0.131 e. The largest absolute Gasteiger partial charge is 0.496 e. The van der Waals surface area contributed by atoms with Crippen molar-refractivity contribution in [2.75, 3.05) is 21.3 Å². The summed E-state index contributed by atoms with van der Waals surface area (Å²) in [6, 6.07) is 3.69. The Morgan fingerprint density at radius 2 is 1.59 bits per heavy atom. The van der Waals surface area contributed by atoms with Crippen molar-refractivity contribution in [2.45, 2.75) is 18.3 Å². The van der Waals surface area contributed by atoms with Crippen LogP contribution in [0.25, 0.3) is 0 Å². The Labute approximate surface area is 102 Å². The van der Waals surface area contributed by atoms with Crippen LogP contribution in [0.1, 0.15) is 18.4 Å². The third-order valence-electron chi connectivity index (χ3n) is 3.22. The van der Waals surface area contributed by atoms with E-state index in [4.69, 9.17) is 20.6 Å². The molecule has 1 aromatic carbocycles. The fraction of sp³-hybridized carbons (Fsp3) is 0.429. The minimum absolute atomic E-state index is 0.219. The maximum Gasteiger partial charge on any atom is 0.131 e. The number of methoxy groups -OCH3 is 3. The summed E-state index contributed by atoms with van der Waals surface area (Å²) in [6.07, 6.45) is 7.58. The van der Waals surface area contributed by atoms with Gasteiger partial charge in [0.2, 0.25) is 0 Å². The van der Waals surface area contributed by atoms with E-state index in [2.05, 4.69) is 5.92 Å². The zero-order valence-corrected chi connectivity index (χ0v) is 10.4. The van der Waals surface area contributed by atoms with Crippen molar-refractivity contribution in [3.8, 4) is 29.6 Å². The van der Waals surface area contributed by atoms with Crippen LogP contribution < -0.4 is 14.2 Å². The molecule has 0 N–H and O–H groups in total. The zero-order chi connectivity index (χ0) is 12.5. The molecule has 0 heterocycles. The minimum Gasteiger partial charge on any atom is -0.496 e. The first-order valence-electron chi connectivity index (χ1n) is 5.49. The number of terminal acetylenes is 1. The fourth-order valence-electron chi connectivity index (χ4n) is 2.07. The Morgan fingerprint density at radius 3 is 1.88 bits per heavy atom. The molecule has 17 heavy (non-hydrogen) atoms. The van der Waals surface area contributed by atoms with Gasteiger partial charge in [-0.15, -0.1) is 6.42 Å². The lowest BCUT2D eigenvalue weighted by Gasteiger charge is -2.18. The molecule has 0 atom stereocenters. The average Bonchev–Trinajstić information content (AvgIpc) is 3.17. The molecule has 1 fully saturated rings. The maximum absolute atomic E-state index is 5.63. The van der Waals surface area contributed by atoms with Gasteiger partial charge in [0.05, 0.1) is 32.3 Å². The highest BCUT2D eigenvalue weighted by Crippen LogP contribution is 2.55. The van der Waals surface area contributed by atoms with Crippen molar-refractivity contribution >= 4 is 0 Å². The van der Waals surface area contributed by atoms with Crippen molar-refractivity contribution in [1.82, 2.24) is 0 Å². The van der Waals surface area contributed by atoms with Gasteiger partial charge in [0.1, 0.15) is 17.2 Å². The molecular formula is C14H16O3. The van der Waals surface area contributed by atoms with Gasteiger partial charge in [-0.3, -0.25) is 0 Å². The van der Waals surface area contributed by atoms with Crippen molar-refractivity contribution in [1.29, 1.82) is 0 Å². The van der Waals surface area contributed by atoms with Crippen LogP contribution in [0.15, 0.2) is 12.1 Å². The van der Waals surface area contributed by atoms with Gasteiger partial charge in [0.25, 0.3) is 0 Å². The highest BCUT2D eigenvalue weighted by molar-refractivity contribution is 5.59. The predicted molar refractivity (Wildman–Crippen MR) is 65.8 cm³/mol. The van der Waals surface area contributed by atoms with E-state index in [1.54, 1.807) is 21.3 Å². The highest BCUT2D eigenvalue weighted by Gasteiger charge is 2.47. The van der Waals surface area contributed by atoms with Crippen LogP contribution in [0.4, 0.5) is 0 Å². The Hall–Kier alpha value is -1.82. The van der Waals surface area contributed by atoms with Gasteiger partial charge in [-0.05, 0) is 12.8 Å². The van der Waals surface area contributed by atoms with Crippen molar-refractivity contribution < 1.29 is 14.2 Å². The molecule has 1 aliphatic rings. The van der Waals surface area contributed by atoms with Gasteiger partial charge in [0, 0.05) is 12.1 Å². The van der Waals surface area contributed by atoms with Crippen LogP contribution in [0.3, 0.4) is 0 Å². The third kappa shape index (κ3) is 1.80. The second kappa shape index (κ2) is 4.21. The van der Waals surface area contributed by atoms with E-state index >= 15 is 0 Å². The summed E-state index contributed by atoms with van der Waals surface area (Å²) >= 11 is 0. The number of ether oxygens (including phenoxy) is 3. The lowest BCUT2D eigenvalue weighted by molar-refractivity contribution is 0.366. The zero-order valence-electron chi connectivity index (χ0n) is 10.4. The quantitative estimate of drug-likeness (QED) is 0.746. The topological polar surface area (TPSA) is 27.7 Å². The molecule has 1 aliphatic carbocycles. The average molecular weight is 232 g/mol. The number of rotatable bonds is 4. The molecule has 3 nitrogen and oxygen atoms in total. The van der Waals surface area contributed by atoms with Crippen molar-refractivity contribution in [3.05, 3.63) is 17.7 Å². The summed E-state index contributed by atoms with van der Waals surface area (Å²) in [5, 5.41) is 0. The molecule has 0 saturated heterocycles. The van der Waals surface area contributed by atoms with E-state index < -0.39 is 0 Å². The maximum atomic E-state index is 5.63. The first kappa shape index (κ1) is 11.7. The van der Waals surface area contributed by atoms with Gasteiger partial charge in [-0.1, -0.05) is 5.92 Å². The van der Waals surface area contributed by atoms with E-state index in [0.717, 1.165) is 29.9 Å². The van der Waals surface area contributed by atoms with E-state index in [1.807, 2.05) is 12.1 Å². The predicted octanol–water partition coefficient (Wildman–Crippen LogP) is 2.38. The monoisotopic (exact) mass is 232 g/mol. The van der Waals surface area contributed by atoms with Crippen LogP contribution in [-0.4, -0.2) is 21.3 Å². The molecule has 0 spiro atoms. The molecule has 0 radical (unpaired) electrons. The molecular weight excluding hydrogens is 216 g/mol. The molecule has 0 amide bonds. The Kier molecular flexibility index (Phi) is 2.89. The van der Waals surface area contributed by atoms with Crippen LogP contribution in [-0.2, 0) is 5.41 Å². The lowest BCUT2D eigenvalue weighted by Crippen LogP contribution is -2.08.